The summed E-state index contributed by atoms with van der Waals surface area (Å²) in [6, 6.07) is 7.81. The zero-order valence-electron chi connectivity index (χ0n) is 18.2. The predicted molar refractivity (Wildman–Crippen MR) is 115 cm³/mol. The predicted octanol–water partition coefficient (Wildman–Crippen LogP) is 5.62. The molecule has 1 atom stereocenters. The Morgan fingerprint density at radius 1 is 0.971 bits per heavy atom. The van der Waals surface area contributed by atoms with Crippen molar-refractivity contribution in [2.75, 3.05) is 0 Å². The lowest BCUT2D eigenvalue weighted by Gasteiger charge is -2.28. The van der Waals surface area contributed by atoms with Crippen molar-refractivity contribution in [2.24, 2.45) is 0 Å². The molecule has 0 bridgehead atoms. The van der Waals surface area contributed by atoms with Crippen LogP contribution in [0.25, 0.3) is 0 Å². The fourth-order valence-corrected chi connectivity index (χ4v) is 4.16. The minimum absolute atomic E-state index is 0.0152. The maximum atomic E-state index is 14.4. The molecule has 0 fully saturated rings. The standard InChI is InChI=1S/C23H19F6N3O2S/c1-12(14-4-6-15(24)7-5-14)32(35-23-21(28)19(26)18(25)20(27)22(23)29)11-16-8-2-13(10-30-16)3-9-17(33)31-34/h2,4-8,10,12,34H,3,9,11H2,1H3,(H,31,33). The van der Waals surface area contributed by atoms with Gasteiger partial charge in [0, 0.05) is 18.7 Å². The summed E-state index contributed by atoms with van der Waals surface area (Å²) in [7, 11) is 0. The van der Waals surface area contributed by atoms with Crippen molar-refractivity contribution in [3.8, 4) is 0 Å². The van der Waals surface area contributed by atoms with Gasteiger partial charge in [0.2, 0.25) is 11.7 Å². The van der Waals surface area contributed by atoms with Crippen LogP contribution in [-0.4, -0.2) is 20.4 Å². The number of halogens is 6. The number of hydrogen-bond donors (Lipinski definition) is 2. The van der Waals surface area contributed by atoms with Crippen LogP contribution in [0.2, 0.25) is 0 Å². The molecular weight excluding hydrogens is 496 g/mol. The van der Waals surface area contributed by atoms with E-state index in [1.807, 2.05) is 0 Å². The van der Waals surface area contributed by atoms with Crippen LogP contribution >= 0.6 is 11.9 Å². The number of carbonyl (C=O) groups is 1. The third-order valence-electron chi connectivity index (χ3n) is 5.13. The van der Waals surface area contributed by atoms with Gasteiger partial charge in [-0.15, -0.1) is 0 Å². The van der Waals surface area contributed by atoms with Gasteiger partial charge < -0.3 is 0 Å². The highest BCUT2D eigenvalue weighted by Gasteiger charge is 2.29. The fourth-order valence-electron chi connectivity index (χ4n) is 3.11. The zero-order valence-corrected chi connectivity index (χ0v) is 19.0. The number of benzene rings is 2. The minimum Gasteiger partial charge on any atom is -0.289 e. The van der Waals surface area contributed by atoms with Crippen molar-refractivity contribution in [3.05, 3.63) is 94.3 Å². The van der Waals surface area contributed by atoms with Gasteiger partial charge in [-0.3, -0.25) is 15.0 Å². The van der Waals surface area contributed by atoms with Crippen LogP contribution in [0.15, 0.2) is 47.5 Å². The van der Waals surface area contributed by atoms with E-state index in [0.717, 1.165) is 0 Å². The van der Waals surface area contributed by atoms with Crippen molar-refractivity contribution in [2.45, 2.75) is 37.2 Å². The van der Waals surface area contributed by atoms with E-state index in [4.69, 9.17) is 5.21 Å². The maximum absolute atomic E-state index is 14.4. The lowest BCUT2D eigenvalue weighted by molar-refractivity contribution is -0.129. The number of aromatic nitrogens is 1. The van der Waals surface area contributed by atoms with E-state index in [1.54, 1.807) is 19.1 Å². The number of pyridine rings is 1. The van der Waals surface area contributed by atoms with E-state index in [2.05, 4.69) is 4.98 Å². The molecule has 0 radical (unpaired) electrons. The van der Waals surface area contributed by atoms with Gasteiger partial charge in [0.25, 0.3) is 0 Å². The molecule has 0 aliphatic rings. The van der Waals surface area contributed by atoms with Crippen LogP contribution in [0, 0.1) is 34.9 Å². The summed E-state index contributed by atoms with van der Waals surface area (Å²) in [4.78, 5) is 14.3. The van der Waals surface area contributed by atoms with Gasteiger partial charge in [-0.25, -0.2) is 36.1 Å². The topological polar surface area (TPSA) is 65.5 Å². The second-order valence-electron chi connectivity index (χ2n) is 7.49. The Bertz CT molecular complexity index is 1170. The molecule has 2 N–H and O–H groups in total. The summed E-state index contributed by atoms with van der Waals surface area (Å²) in [5, 5.41) is 8.56. The summed E-state index contributed by atoms with van der Waals surface area (Å²) >= 11 is 0.325. The first-order chi connectivity index (χ1) is 16.6. The van der Waals surface area contributed by atoms with E-state index < -0.39 is 51.7 Å². The molecule has 0 aliphatic heterocycles. The molecule has 3 rings (SSSR count). The van der Waals surface area contributed by atoms with Gasteiger partial charge in [-0.2, -0.15) is 0 Å². The number of carbonyl (C=O) groups excluding carboxylic acids is 1. The van der Waals surface area contributed by atoms with Gasteiger partial charge in [0.1, 0.15) is 10.7 Å². The van der Waals surface area contributed by atoms with Crippen LogP contribution < -0.4 is 5.48 Å². The molecule has 35 heavy (non-hydrogen) atoms. The average molecular weight is 515 g/mol. The molecule has 1 amide bonds. The molecule has 0 spiro atoms. The largest absolute Gasteiger partial charge is 0.289 e. The lowest BCUT2D eigenvalue weighted by atomic mass is 10.1. The van der Waals surface area contributed by atoms with E-state index in [9.17, 15) is 31.1 Å². The van der Waals surface area contributed by atoms with Crippen LogP contribution in [0.4, 0.5) is 26.3 Å². The zero-order chi connectivity index (χ0) is 25.7. The molecule has 0 saturated carbocycles. The molecule has 0 aliphatic carbocycles. The highest BCUT2D eigenvalue weighted by molar-refractivity contribution is 7.97. The molecule has 5 nitrogen and oxygen atoms in total. The van der Waals surface area contributed by atoms with Crippen molar-refractivity contribution >= 4 is 17.9 Å². The first-order valence-corrected chi connectivity index (χ1v) is 11.0. The smallest absolute Gasteiger partial charge is 0.243 e. The number of hydrogen-bond acceptors (Lipinski definition) is 5. The third-order valence-corrected chi connectivity index (χ3v) is 6.35. The van der Waals surface area contributed by atoms with Crippen LogP contribution in [0.1, 0.15) is 36.2 Å². The van der Waals surface area contributed by atoms with Crippen molar-refractivity contribution in [1.29, 1.82) is 0 Å². The Kier molecular flexibility index (Phi) is 8.76. The number of aryl methyl sites for hydroxylation is 1. The maximum Gasteiger partial charge on any atom is 0.243 e. The second kappa shape index (κ2) is 11.6. The summed E-state index contributed by atoms with van der Waals surface area (Å²) in [6.07, 6.45) is 1.76. The molecular formula is C23H19F6N3O2S. The van der Waals surface area contributed by atoms with Crippen LogP contribution in [0.3, 0.4) is 0 Å². The number of nitrogens with one attached hydrogen (secondary N) is 1. The lowest BCUT2D eigenvalue weighted by Crippen LogP contribution is -2.21. The third kappa shape index (κ3) is 6.32. The Hall–Kier alpha value is -3.09. The monoisotopic (exact) mass is 515 g/mol. The molecule has 1 heterocycles. The summed E-state index contributed by atoms with van der Waals surface area (Å²) in [6.45, 7) is 1.54. The molecule has 0 saturated heterocycles. The Labute approximate surface area is 200 Å². The van der Waals surface area contributed by atoms with Gasteiger partial charge in [-0.05, 0) is 54.6 Å². The van der Waals surface area contributed by atoms with Gasteiger partial charge in [-0.1, -0.05) is 18.2 Å². The number of rotatable bonds is 9. The molecule has 1 unspecified atom stereocenters. The van der Waals surface area contributed by atoms with Crippen LogP contribution in [-0.2, 0) is 17.8 Å². The van der Waals surface area contributed by atoms with E-state index >= 15 is 0 Å². The summed E-state index contributed by atoms with van der Waals surface area (Å²) < 4.78 is 84.5. The quantitative estimate of drug-likeness (QED) is 0.0967. The Balaban J connectivity index is 1.91. The van der Waals surface area contributed by atoms with E-state index in [-0.39, 0.29) is 19.4 Å². The normalized spacial score (nSPS) is 12.1. The summed E-state index contributed by atoms with van der Waals surface area (Å²) in [5.74, 6) is -11.4. The molecule has 3 aromatic rings. The molecule has 186 valence electrons. The number of nitrogens with zero attached hydrogens (tertiary/aromatic N) is 2. The van der Waals surface area contributed by atoms with Gasteiger partial charge in [0.15, 0.2) is 23.3 Å². The van der Waals surface area contributed by atoms with Crippen LogP contribution in [0.5, 0.6) is 0 Å². The van der Waals surface area contributed by atoms with Crippen molar-refractivity contribution in [1.82, 2.24) is 14.8 Å². The molecule has 12 heteroatoms. The second-order valence-corrected chi connectivity index (χ2v) is 8.55. The minimum atomic E-state index is -2.25. The first-order valence-electron chi connectivity index (χ1n) is 10.2. The van der Waals surface area contributed by atoms with Gasteiger partial charge >= 0.3 is 0 Å². The van der Waals surface area contributed by atoms with E-state index in [0.29, 0.717) is 28.8 Å². The number of amides is 1. The fraction of sp³-hybridized carbons (Fsp3) is 0.217. The molecule has 1 aromatic heterocycles. The molecule has 2 aromatic carbocycles. The first kappa shape index (κ1) is 26.5. The summed E-state index contributed by atoms with van der Waals surface area (Å²) in [5.41, 5.74) is 3.10. The van der Waals surface area contributed by atoms with Gasteiger partial charge in [0.05, 0.1) is 12.2 Å². The van der Waals surface area contributed by atoms with E-state index in [1.165, 1.54) is 40.2 Å². The Morgan fingerprint density at radius 3 is 2.11 bits per heavy atom. The van der Waals surface area contributed by atoms with Crippen molar-refractivity contribution < 1.29 is 36.3 Å². The Morgan fingerprint density at radius 2 is 1.57 bits per heavy atom. The SMILES string of the molecule is CC(c1ccc(F)cc1)N(Cc1ccc(CCC(=O)NO)cn1)Sc1c(F)c(F)c(F)c(F)c1F. The highest BCUT2D eigenvalue weighted by atomic mass is 32.2. The number of hydroxylamine groups is 1. The average Bonchev–Trinajstić information content (AvgIpc) is 2.87. The highest BCUT2D eigenvalue weighted by Crippen LogP contribution is 2.38. The van der Waals surface area contributed by atoms with Crippen molar-refractivity contribution in [3.63, 3.8) is 0 Å².